The SMILES string of the molecule is CC[C@H](Cc1ccccc1)[C@@H](OCC(C)C)[C@H](C)OC(C)C(N)=O. The van der Waals surface area contributed by atoms with Crippen molar-refractivity contribution in [3.8, 4) is 0 Å². The highest BCUT2D eigenvalue weighted by Gasteiger charge is 2.29. The van der Waals surface area contributed by atoms with Gasteiger partial charge in [-0.05, 0) is 37.7 Å². The molecule has 24 heavy (non-hydrogen) atoms. The second-order valence-corrected chi connectivity index (χ2v) is 6.94. The predicted molar refractivity (Wildman–Crippen MR) is 97.7 cm³/mol. The van der Waals surface area contributed by atoms with Crippen molar-refractivity contribution in [1.82, 2.24) is 0 Å². The van der Waals surface area contributed by atoms with Gasteiger partial charge in [-0.1, -0.05) is 57.5 Å². The first-order valence-corrected chi connectivity index (χ1v) is 8.95. The van der Waals surface area contributed by atoms with E-state index < -0.39 is 12.0 Å². The topological polar surface area (TPSA) is 61.6 Å². The molecule has 4 atom stereocenters. The Hall–Kier alpha value is -1.39. The Morgan fingerprint density at radius 1 is 1.12 bits per heavy atom. The number of carbonyl (C=O) groups is 1. The molecule has 1 amide bonds. The lowest BCUT2D eigenvalue weighted by Gasteiger charge is -2.33. The fourth-order valence-electron chi connectivity index (χ4n) is 2.83. The van der Waals surface area contributed by atoms with E-state index in [1.165, 1.54) is 5.56 Å². The molecule has 0 aromatic heterocycles. The summed E-state index contributed by atoms with van der Waals surface area (Å²) in [5.74, 6) is 0.323. The second-order valence-electron chi connectivity index (χ2n) is 6.94. The molecule has 1 rings (SSSR count). The molecule has 0 aliphatic heterocycles. The summed E-state index contributed by atoms with van der Waals surface area (Å²) in [6.45, 7) is 10.8. The predicted octanol–water partition coefficient (Wildman–Crippen LogP) is 3.58. The molecule has 136 valence electrons. The molecule has 0 saturated heterocycles. The van der Waals surface area contributed by atoms with Gasteiger partial charge in [0.2, 0.25) is 5.91 Å². The van der Waals surface area contributed by atoms with Gasteiger partial charge in [0.15, 0.2) is 0 Å². The number of ether oxygens (including phenoxy) is 2. The van der Waals surface area contributed by atoms with Crippen molar-refractivity contribution in [2.24, 2.45) is 17.6 Å². The van der Waals surface area contributed by atoms with Gasteiger partial charge in [0.25, 0.3) is 0 Å². The van der Waals surface area contributed by atoms with Gasteiger partial charge in [-0.25, -0.2) is 0 Å². The minimum atomic E-state index is -0.612. The van der Waals surface area contributed by atoms with E-state index in [1.54, 1.807) is 6.92 Å². The van der Waals surface area contributed by atoms with Crippen molar-refractivity contribution < 1.29 is 14.3 Å². The number of nitrogens with two attached hydrogens (primary N) is 1. The lowest BCUT2D eigenvalue weighted by Crippen LogP contribution is -2.42. The van der Waals surface area contributed by atoms with Crippen LogP contribution in [0.15, 0.2) is 30.3 Å². The average Bonchev–Trinajstić information content (AvgIpc) is 2.54. The molecular weight excluding hydrogens is 302 g/mol. The number of benzene rings is 1. The maximum Gasteiger partial charge on any atom is 0.246 e. The van der Waals surface area contributed by atoms with Crippen LogP contribution in [0.2, 0.25) is 0 Å². The Kier molecular flexibility index (Phi) is 9.01. The number of primary amides is 1. The molecule has 1 aromatic carbocycles. The van der Waals surface area contributed by atoms with Gasteiger partial charge in [0.1, 0.15) is 6.10 Å². The van der Waals surface area contributed by atoms with E-state index in [0.717, 1.165) is 12.8 Å². The van der Waals surface area contributed by atoms with Crippen LogP contribution in [0.5, 0.6) is 0 Å². The first-order chi connectivity index (χ1) is 11.3. The van der Waals surface area contributed by atoms with Gasteiger partial charge in [0.05, 0.1) is 12.2 Å². The van der Waals surface area contributed by atoms with Crippen LogP contribution in [0.4, 0.5) is 0 Å². The van der Waals surface area contributed by atoms with Crippen LogP contribution in [0, 0.1) is 11.8 Å². The molecule has 0 radical (unpaired) electrons. The highest BCUT2D eigenvalue weighted by molar-refractivity contribution is 5.78. The normalized spacial score (nSPS) is 16.6. The van der Waals surface area contributed by atoms with Crippen LogP contribution >= 0.6 is 0 Å². The molecule has 2 N–H and O–H groups in total. The maximum atomic E-state index is 11.3. The molecule has 0 aliphatic carbocycles. The third-order valence-corrected chi connectivity index (χ3v) is 4.23. The zero-order valence-electron chi connectivity index (χ0n) is 15.7. The summed E-state index contributed by atoms with van der Waals surface area (Å²) in [5.41, 5.74) is 6.62. The summed E-state index contributed by atoms with van der Waals surface area (Å²) in [6.07, 6.45) is 1.04. The summed E-state index contributed by atoms with van der Waals surface area (Å²) >= 11 is 0. The summed E-state index contributed by atoms with van der Waals surface area (Å²) < 4.78 is 12.0. The van der Waals surface area contributed by atoms with E-state index in [-0.39, 0.29) is 12.2 Å². The molecule has 4 nitrogen and oxygen atoms in total. The first kappa shape index (κ1) is 20.7. The molecule has 0 fully saturated rings. The summed E-state index contributed by atoms with van der Waals surface area (Å²) in [5, 5.41) is 0. The van der Waals surface area contributed by atoms with Crippen LogP contribution in [0.25, 0.3) is 0 Å². The van der Waals surface area contributed by atoms with Gasteiger partial charge < -0.3 is 15.2 Å². The van der Waals surface area contributed by atoms with Crippen molar-refractivity contribution in [3.63, 3.8) is 0 Å². The van der Waals surface area contributed by atoms with Crippen molar-refractivity contribution in [1.29, 1.82) is 0 Å². The van der Waals surface area contributed by atoms with Crippen LogP contribution in [-0.4, -0.2) is 30.8 Å². The van der Waals surface area contributed by atoms with Gasteiger partial charge in [-0.15, -0.1) is 0 Å². The molecule has 0 heterocycles. The fraction of sp³-hybridized carbons (Fsp3) is 0.650. The van der Waals surface area contributed by atoms with Crippen LogP contribution in [0.3, 0.4) is 0 Å². The summed E-state index contributed by atoms with van der Waals surface area (Å²) in [4.78, 5) is 11.3. The van der Waals surface area contributed by atoms with E-state index in [0.29, 0.717) is 18.4 Å². The minimum Gasteiger partial charge on any atom is -0.375 e. The summed E-state index contributed by atoms with van der Waals surface area (Å²) in [7, 11) is 0. The lowest BCUT2D eigenvalue weighted by atomic mass is 9.89. The van der Waals surface area contributed by atoms with Gasteiger partial charge >= 0.3 is 0 Å². The second kappa shape index (κ2) is 10.5. The van der Waals surface area contributed by atoms with E-state index >= 15 is 0 Å². The van der Waals surface area contributed by atoms with Crippen molar-refractivity contribution >= 4 is 5.91 Å². The van der Waals surface area contributed by atoms with E-state index in [2.05, 4.69) is 45.0 Å². The Morgan fingerprint density at radius 3 is 2.25 bits per heavy atom. The van der Waals surface area contributed by atoms with Gasteiger partial charge in [-0.2, -0.15) is 0 Å². The van der Waals surface area contributed by atoms with Gasteiger partial charge in [0, 0.05) is 6.61 Å². The summed E-state index contributed by atoms with van der Waals surface area (Å²) in [6, 6.07) is 10.4. The van der Waals surface area contributed by atoms with Crippen molar-refractivity contribution in [2.45, 2.75) is 65.8 Å². The molecule has 0 bridgehead atoms. The molecular formula is C20H33NO3. The highest BCUT2D eigenvalue weighted by atomic mass is 16.5. The highest BCUT2D eigenvalue weighted by Crippen LogP contribution is 2.24. The molecule has 0 spiro atoms. The monoisotopic (exact) mass is 335 g/mol. The fourth-order valence-corrected chi connectivity index (χ4v) is 2.83. The molecule has 0 aliphatic rings. The van der Waals surface area contributed by atoms with Crippen molar-refractivity contribution in [2.75, 3.05) is 6.61 Å². The van der Waals surface area contributed by atoms with Gasteiger partial charge in [-0.3, -0.25) is 4.79 Å². The average molecular weight is 335 g/mol. The minimum absolute atomic E-state index is 0.0700. The third-order valence-electron chi connectivity index (χ3n) is 4.23. The molecule has 1 aromatic rings. The number of amides is 1. The Morgan fingerprint density at radius 2 is 1.75 bits per heavy atom. The Labute approximate surface area is 146 Å². The standard InChI is InChI=1S/C20H33NO3/c1-6-18(12-17-10-8-7-9-11-17)19(23-13-14(2)3)15(4)24-16(5)20(21)22/h7-11,14-16,18-19H,6,12-13H2,1-5H3,(H2,21,22)/t15-,16?,18+,19-/m0/s1. The van der Waals surface area contributed by atoms with Crippen LogP contribution in [-0.2, 0) is 20.7 Å². The maximum absolute atomic E-state index is 11.3. The largest absolute Gasteiger partial charge is 0.375 e. The lowest BCUT2D eigenvalue weighted by molar-refractivity contribution is -0.144. The number of hydrogen-bond donors (Lipinski definition) is 1. The van der Waals surface area contributed by atoms with E-state index in [4.69, 9.17) is 15.2 Å². The molecule has 0 saturated carbocycles. The third kappa shape index (κ3) is 7.02. The zero-order chi connectivity index (χ0) is 18.1. The quantitative estimate of drug-likeness (QED) is 0.672. The first-order valence-electron chi connectivity index (χ1n) is 8.95. The van der Waals surface area contributed by atoms with Crippen LogP contribution in [0.1, 0.15) is 46.6 Å². The van der Waals surface area contributed by atoms with Crippen LogP contribution < -0.4 is 5.73 Å². The Balaban J connectivity index is 2.85. The smallest absolute Gasteiger partial charge is 0.246 e. The number of carbonyl (C=O) groups excluding carboxylic acids is 1. The van der Waals surface area contributed by atoms with Crippen molar-refractivity contribution in [3.05, 3.63) is 35.9 Å². The molecule has 1 unspecified atom stereocenters. The van der Waals surface area contributed by atoms with E-state index in [9.17, 15) is 4.79 Å². The van der Waals surface area contributed by atoms with E-state index in [1.807, 2.05) is 13.0 Å². The number of hydrogen-bond acceptors (Lipinski definition) is 3. The zero-order valence-corrected chi connectivity index (χ0v) is 15.7. The number of rotatable bonds is 11. The molecule has 4 heteroatoms. The Bertz CT molecular complexity index is 475.